The first-order valence-electron chi connectivity index (χ1n) is 12.4. The van der Waals surface area contributed by atoms with E-state index in [2.05, 4.69) is 4.90 Å². The van der Waals surface area contributed by atoms with Crippen molar-refractivity contribution >= 4 is 64.2 Å². The van der Waals surface area contributed by atoms with Crippen molar-refractivity contribution in [2.45, 2.75) is 38.3 Å². The first kappa shape index (κ1) is 29.0. The van der Waals surface area contributed by atoms with E-state index >= 15 is 0 Å². The number of carbonyl (C=O) groups is 3. The Morgan fingerprint density at radius 2 is 1.47 bits per heavy atom. The maximum Gasteiger partial charge on any atom is 0.310 e. The molecule has 2 aliphatic rings. The van der Waals surface area contributed by atoms with Crippen LogP contribution in [0.1, 0.15) is 24.5 Å². The van der Waals surface area contributed by atoms with Crippen molar-refractivity contribution in [3.05, 3.63) is 67.6 Å². The second kappa shape index (κ2) is 12.9. The Labute approximate surface area is 242 Å². The van der Waals surface area contributed by atoms with Gasteiger partial charge in [-0.3, -0.25) is 19.3 Å². The SMILES string of the molecule is CC(=O)N1CCN(C(=O)Cc2ccc(Cl)c(Cl)c2)C(CN2CCC(OC(=O)Cc3ccc(Cl)c(Cl)c3)C2)C1. The summed E-state index contributed by atoms with van der Waals surface area (Å²) in [7, 11) is 0. The Kier molecular flexibility index (Phi) is 9.82. The van der Waals surface area contributed by atoms with Crippen molar-refractivity contribution in [1.29, 1.82) is 0 Å². The van der Waals surface area contributed by atoms with Crippen LogP contribution in [0.15, 0.2) is 36.4 Å². The van der Waals surface area contributed by atoms with E-state index in [1.165, 1.54) is 0 Å². The van der Waals surface area contributed by atoms with Crippen LogP contribution >= 0.6 is 46.4 Å². The summed E-state index contributed by atoms with van der Waals surface area (Å²) in [4.78, 5) is 43.7. The van der Waals surface area contributed by atoms with Gasteiger partial charge in [0.15, 0.2) is 0 Å². The minimum atomic E-state index is -0.325. The van der Waals surface area contributed by atoms with Crippen LogP contribution in [0.3, 0.4) is 0 Å². The smallest absolute Gasteiger partial charge is 0.310 e. The number of likely N-dealkylation sites (tertiary alicyclic amines) is 1. The zero-order chi connectivity index (χ0) is 27.4. The number of amides is 2. The number of hydrogen-bond acceptors (Lipinski definition) is 5. The molecule has 2 aromatic carbocycles. The Bertz CT molecular complexity index is 1210. The van der Waals surface area contributed by atoms with Gasteiger partial charge in [0.05, 0.1) is 39.0 Å². The molecule has 2 unspecified atom stereocenters. The van der Waals surface area contributed by atoms with Crippen LogP contribution in [-0.2, 0) is 32.0 Å². The summed E-state index contributed by atoms with van der Waals surface area (Å²) in [6, 6.07) is 10.1. The maximum atomic E-state index is 13.3. The van der Waals surface area contributed by atoms with Crippen molar-refractivity contribution in [3.63, 3.8) is 0 Å². The topological polar surface area (TPSA) is 70.2 Å². The van der Waals surface area contributed by atoms with Crippen LogP contribution in [0, 0.1) is 0 Å². The van der Waals surface area contributed by atoms with Crippen LogP contribution in [-0.4, -0.2) is 83.9 Å². The predicted octanol–water partition coefficient (Wildman–Crippen LogP) is 4.76. The van der Waals surface area contributed by atoms with Crippen molar-refractivity contribution < 1.29 is 19.1 Å². The largest absolute Gasteiger partial charge is 0.461 e. The third-order valence-corrected chi connectivity index (χ3v) is 8.39. The van der Waals surface area contributed by atoms with Crippen LogP contribution in [0.25, 0.3) is 0 Å². The number of nitrogens with zero attached hydrogens (tertiary/aromatic N) is 3. The normalized spacial score (nSPS) is 20.0. The first-order chi connectivity index (χ1) is 18.1. The molecule has 2 amide bonds. The molecule has 4 rings (SSSR count). The molecule has 0 N–H and O–H groups in total. The first-order valence-corrected chi connectivity index (χ1v) is 13.9. The lowest BCUT2D eigenvalue weighted by Gasteiger charge is -2.42. The van der Waals surface area contributed by atoms with E-state index in [0.29, 0.717) is 59.2 Å². The summed E-state index contributed by atoms with van der Waals surface area (Å²) in [6.45, 7) is 4.84. The molecule has 0 aromatic heterocycles. The number of rotatable bonds is 7. The molecule has 0 aliphatic carbocycles. The molecule has 11 heteroatoms. The lowest BCUT2D eigenvalue weighted by atomic mass is 10.1. The van der Waals surface area contributed by atoms with Crippen molar-refractivity contribution in [1.82, 2.24) is 14.7 Å². The molecule has 0 bridgehead atoms. The maximum absolute atomic E-state index is 13.3. The molecule has 0 radical (unpaired) electrons. The molecule has 2 heterocycles. The van der Waals surface area contributed by atoms with Crippen molar-refractivity contribution in [3.8, 4) is 0 Å². The highest BCUT2D eigenvalue weighted by Crippen LogP contribution is 2.25. The number of esters is 1. The lowest BCUT2D eigenvalue weighted by molar-refractivity contribution is -0.147. The van der Waals surface area contributed by atoms with Gasteiger partial charge in [-0.2, -0.15) is 0 Å². The summed E-state index contributed by atoms with van der Waals surface area (Å²) >= 11 is 24.1. The highest BCUT2D eigenvalue weighted by molar-refractivity contribution is 6.42. The molecule has 2 aliphatic heterocycles. The fourth-order valence-corrected chi connectivity index (χ4v) is 5.59. The fraction of sp³-hybridized carbons (Fsp3) is 0.444. The zero-order valence-corrected chi connectivity index (χ0v) is 24.0. The van der Waals surface area contributed by atoms with Gasteiger partial charge in [-0.05, 0) is 41.8 Å². The summed E-state index contributed by atoms with van der Waals surface area (Å²) in [6.07, 6.45) is 0.773. The molecular weight excluding hydrogens is 572 g/mol. The van der Waals surface area contributed by atoms with Gasteiger partial charge in [0.25, 0.3) is 0 Å². The van der Waals surface area contributed by atoms with E-state index in [9.17, 15) is 14.4 Å². The summed E-state index contributed by atoms with van der Waals surface area (Å²) < 4.78 is 5.71. The summed E-state index contributed by atoms with van der Waals surface area (Å²) in [5, 5.41) is 1.68. The minimum Gasteiger partial charge on any atom is -0.461 e. The Morgan fingerprint density at radius 3 is 2.08 bits per heavy atom. The Hall–Kier alpha value is -2.03. The zero-order valence-electron chi connectivity index (χ0n) is 21.0. The molecule has 2 saturated heterocycles. The molecule has 0 saturated carbocycles. The quantitative estimate of drug-likeness (QED) is 0.429. The standard InChI is InChI=1S/C27H29Cl4N3O4/c1-17(35)33-8-9-34(26(36)12-18-2-4-22(28)24(30)10-18)20(15-33)14-32-7-6-21(16-32)38-27(37)13-19-3-5-23(29)25(31)11-19/h2-5,10-11,20-21H,6-9,12-16H2,1H3. The molecular formula is C27H29Cl4N3O4. The molecule has 2 fully saturated rings. The van der Waals surface area contributed by atoms with Gasteiger partial charge in [0.1, 0.15) is 6.10 Å². The average Bonchev–Trinajstić information content (AvgIpc) is 3.30. The second-order valence-electron chi connectivity index (χ2n) is 9.72. The van der Waals surface area contributed by atoms with Gasteiger partial charge in [-0.15, -0.1) is 0 Å². The molecule has 2 atom stereocenters. The number of ether oxygens (including phenoxy) is 1. The predicted molar refractivity (Wildman–Crippen MR) is 149 cm³/mol. The van der Waals surface area contributed by atoms with Gasteiger partial charge in [0, 0.05) is 46.2 Å². The van der Waals surface area contributed by atoms with E-state index < -0.39 is 0 Å². The summed E-state index contributed by atoms with van der Waals surface area (Å²) in [5.41, 5.74) is 1.52. The molecule has 0 spiro atoms. The van der Waals surface area contributed by atoms with Crippen molar-refractivity contribution in [2.24, 2.45) is 0 Å². The van der Waals surface area contributed by atoms with Crippen LogP contribution < -0.4 is 0 Å². The van der Waals surface area contributed by atoms with Gasteiger partial charge >= 0.3 is 5.97 Å². The number of benzene rings is 2. The number of halogens is 4. The third kappa shape index (κ3) is 7.54. The van der Waals surface area contributed by atoms with Gasteiger partial charge in [0.2, 0.25) is 11.8 Å². The average molecular weight is 601 g/mol. The van der Waals surface area contributed by atoms with Crippen LogP contribution in [0.4, 0.5) is 0 Å². The summed E-state index contributed by atoms with van der Waals surface area (Å²) in [5.74, 6) is -0.364. The van der Waals surface area contributed by atoms with E-state index in [1.807, 2.05) is 4.90 Å². The highest BCUT2D eigenvalue weighted by atomic mass is 35.5. The van der Waals surface area contributed by atoms with Gasteiger partial charge < -0.3 is 14.5 Å². The highest BCUT2D eigenvalue weighted by Gasteiger charge is 2.35. The number of piperazine rings is 1. The number of hydrogen-bond donors (Lipinski definition) is 0. The number of carbonyl (C=O) groups excluding carboxylic acids is 3. The lowest BCUT2D eigenvalue weighted by Crippen LogP contribution is -2.59. The minimum absolute atomic E-state index is 0.0119. The van der Waals surface area contributed by atoms with E-state index in [-0.39, 0.29) is 42.8 Å². The van der Waals surface area contributed by atoms with Gasteiger partial charge in [-0.25, -0.2) is 0 Å². The molecule has 204 valence electrons. The second-order valence-corrected chi connectivity index (χ2v) is 11.3. The van der Waals surface area contributed by atoms with Gasteiger partial charge in [-0.1, -0.05) is 58.5 Å². The monoisotopic (exact) mass is 599 g/mol. The van der Waals surface area contributed by atoms with E-state index in [4.69, 9.17) is 51.1 Å². The molecule has 2 aromatic rings. The molecule has 7 nitrogen and oxygen atoms in total. The third-order valence-electron chi connectivity index (χ3n) is 6.92. The Morgan fingerprint density at radius 1 is 0.842 bits per heavy atom. The van der Waals surface area contributed by atoms with Crippen molar-refractivity contribution in [2.75, 3.05) is 39.3 Å². The molecule has 38 heavy (non-hydrogen) atoms. The van der Waals surface area contributed by atoms with Crippen LogP contribution in [0.5, 0.6) is 0 Å². The fourth-order valence-electron chi connectivity index (χ4n) is 4.95. The Balaban J connectivity index is 1.35. The van der Waals surface area contributed by atoms with Crippen LogP contribution in [0.2, 0.25) is 20.1 Å². The van der Waals surface area contributed by atoms with E-state index in [0.717, 1.165) is 17.7 Å². The van der Waals surface area contributed by atoms with E-state index in [1.54, 1.807) is 48.2 Å².